The molecule has 16 heavy (non-hydrogen) atoms. The van der Waals surface area contributed by atoms with Crippen molar-refractivity contribution in [2.45, 2.75) is 12.8 Å². The van der Waals surface area contributed by atoms with Gasteiger partial charge in [-0.3, -0.25) is 0 Å². The normalized spacial score (nSPS) is 12.5. The highest BCUT2D eigenvalue weighted by Crippen LogP contribution is 2.27. The van der Waals surface area contributed by atoms with Gasteiger partial charge in [-0.15, -0.1) is 0 Å². The van der Waals surface area contributed by atoms with Crippen LogP contribution in [0.5, 0.6) is 0 Å². The Balaban J connectivity index is 0.000000640. The number of aryl methyl sites for hydroxylation is 1. The molecule has 1 aliphatic rings. The maximum absolute atomic E-state index is 2.27. The summed E-state index contributed by atoms with van der Waals surface area (Å²) in [6, 6.07) is 13.1. The molecule has 0 atom stereocenters. The van der Waals surface area contributed by atoms with Gasteiger partial charge in [-0.2, -0.15) is 0 Å². The summed E-state index contributed by atoms with van der Waals surface area (Å²) >= 11 is 0. The van der Waals surface area contributed by atoms with Crippen molar-refractivity contribution >= 4 is 33.7 Å². The standard InChI is InChI=1S/C14H12.2B/c1-3-7-13-11(5-1)9-10-12-6-2-4-8-14(12)13;;/h1,3-5,7-10H,2,6H2;;. The van der Waals surface area contributed by atoms with Crippen LogP contribution in [-0.4, -0.2) is 16.8 Å². The highest BCUT2D eigenvalue weighted by Gasteiger charge is 2.06. The van der Waals surface area contributed by atoms with Gasteiger partial charge in [-0.25, -0.2) is 0 Å². The zero-order chi connectivity index (χ0) is 9.38. The molecule has 0 spiro atoms. The summed E-state index contributed by atoms with van der Waals surface area (Å²) in [5.74, 6) is 0. The monoisotopic (exact) mass is 202 g/mol. The van der Waals surface area contributed by atoms with Crippen molar-refractivity contribution in [3.63, 3.8) is 0 Å². The second-order valence-electron chi connectivity index (χ2n) is 3.80. The summed E-state index contributed by atoms with van der Waals surface area (Å²) < 4.78 is 0. The SMILES string of the molecule is C1=Cc2c(ccc3ccccc23)CC1.[B].[B]. The van der Waals surface area contributed by atoms with E-state index < -0.39 is 0 Å². The molecule has 2 aromatic rings. The van der Waals surface area contributed by atoms with Crippen LogP contribution >= 0.6 is 0 Å². The summed E-state index contributed by atoms with van der Waals surface area (Å²) in [6.07, 6.45) is 6.91. The molecule has 2 heteroatoms. The summed E-state index contributed by atoms with van der Waals surface area (Å²) in [7, 11) is 0. The fourth-order valence-electron chi connectivity index (χ4n) is 2.20. The van der Waals surface area contributed by atoms with Gasteiger partial charge in [0.05, 0.1) is 0 Å². The van der Waals surface area contributed by atoms with Gasteiger partial charge in [-0.1, -0.05) is 48.6 Å². The molecule has 6 radical (unpaired) electrons. The Morgan fingerprint density at radius 1 is 0.875 bits per heavy atom. The van der Waals surface area contributed by atoms with E-state index in [2.05, 4.69) is 48.6 Å². The molecule has 0 saturated heterocycles. The third kappa shape index (κ3) is 1.92. The molecular weight excluding hydrogens is 190 g/mol. The number of benzene rings is 2. The summed E-state index contributed by atoms with van der Waals surface area (Å²) in [5.41, 5.74) is 2.92. The first-order valence-corrected chi connectivity index (χ1v) is 5.12. The van der Waals surface area contributed by atoms with Gasteiger partial charge < -0.3 is 0 Å². The molecule has 0 aliphatic heterocycles. The van der Waals surface area contributed by atoms with Crippen molar-refractivity contribution in [2.24, 2.45) is 0 Å². The third-order valence-corrected chi connectivity index (χ3v) is 2.93. The molecule has 0 bridgehead atoms. The Morgan fingerprint density at radius 3 is 2.56 bits per heavy atom. The highest BCUT2D eigenvalue weighted by molar-refractivity contribution is 5.92. The van der Waals surface area contributed by atoms with Gasteiger partial charge in [0.2, 0.25) is 0 Å². The van der Waals surface area contributed by atoms with E-state index in [0.29, 0.717) is 0 Å². The molecular formula is C14H12B2. The molecule has 3 rings (SSSR count). The highest BCUT2D eigenvalue weighted by atomic mass is 14.1. The zero-order valence-corrected chi connectivity index (χ0v) is 9.19. The van der Waals surface area contributed by atoms with E-state index in [-0.39, 0.29) is 16.8 Å². The summed E-state index contributed by atoms with van der Waals surface area (Å²) in [5, 5.41) is 2.73. The van der Waals surface area contributed by atoms with Crippen LogP contribution in [0.1, 0.15) is 17.5 Å². The molecule has 0 nitrogen and oxygen atoms in total. The fraction of sp³-hybridized carbons (Fsp3) is 0.143. The smallest absolute Gasteiger partial charge is 0 e. The van der Waals surface area contributed by atoms with E-state index >= 15 is 0 Å². The predicted molar refractivity (Wildman–Crippen MR) is 72.8 cm³/mol. The Morgan fingerprint density at radius 2 is 1.69 bits per heavy atom. The average molecular weight is 202 g/mol. The maximum atomic E-state index is 2.27. The molecule has 0 N–H and O–H groups in total. The predicted octanol–water partition coefficient (Wildman–Crippen LogP) is 3.04. The lowest BCUT2D eigenvalue weighted by atomic mass is 9.92. The Bertz CT molecular complexity index is 515. The van der Waals surface area contributed by atoms with Crippen LogP contribution < -0.4 is 0 Å². The van der Waals surface area contributed by atoms with Crippen LogP contribution in [0.4, 0.5) is 0 Å². The molecule has 74 valence electrons. The molecule has 0 unspecified atom stereocenters. The van der Waals surface area contributed by atoms with Crippen LogP contribution in [-0.2, 0) is 6.42 Å². The van der Waals surface area contributed by atoms with Crippen molar-refractivity contribution in [1.82, 2.24) is 0 Å². The van der Waals surface area contributed by atoms with Crippen LogP contribution in [0.25, 0.3) is 16.8 Å². The van der Waals surface area contributed by atoms with Gasteiger partial charge in [0.15, 0.2) is 0 Å². The van der Waals surface area contributed by atoms with E-state index in [4.69, 9.17) is 0 Å². The first-order valence-electron chi connectivity index (χ1n) is 5.12. The third-order valence-electron chi connectivity index (χ3n) is 2.93. The minimum absolute atomic E-state index is 0. The second-order valence-corrected chi connectivity index (χ2v) is 3.80. The second kappa shape index (κ2) is 5.07. The minimum Gasteiger partial charge on any atom is -0.0836 e. The molecule has 0 fully saturated rings. The lowest BCUT2D eigenvalue weighted by molar-refractivity contribution is 0.990. The van der Waals surface area contributed by atoms with E-state index in [1.807, 2.05) is 0 Å². The summed E-state index contributed by atoms with van der Waals surface area (Å²) in [6.45, 7) is 0. The molecule has 2 aromatic carbocycles. The van der Waals surface area contributed by atoms with Crippen molar-refractivity contribution in [2.75, 3.05) is 0 Å². The summed E-state index contributed by atoms with van der Waals surface area (Å²) in [4.78, 5) is 0. The molecule has 0 aromatic heterocycles. The van der Waals surface area contributed by atoms with Crippen molar-refractivity contribution < 1.29 is 0 Å². The van der Waals surface area contributed by atoms with Gasteiger partial charge in [0.25, 0.3) is 0 Å². The topological polar surface area (TPSA) is 0 Å². The molecule has 0 saturated carbocycles. The minimum atomic E-state index is 0. The average Bonchev–Trinajstić information content (AvgIpc) is 2.29. The van der Waals surface area contributed by atoms with Gasteiger partial charge in [0, 0.05) is 16.8 Å². The lowest BCUT2D eigenvalue weighted by Crippen LogP contribution is -1.94. The zero-order valence-electron chi connectivity index (χ0n) is 9.19. The number of allylic oxidation sites excluding steroid dienone is 1. The molecule has 1 aliphatic carbocycles. The largest absolute Gasteiger partial charge is 0.0836 e. The Kier molecular flexibility index (Phi) is 4.00. The van der Waals surface area contributed by atoms with E-state index in [9.17, 15) is 0 Å². The van der Waals surface area contributed by atoms with Crippen LogP contribution in [0, 0.1) is 0 Å². The first-order chi connectivity index (χ1) is 6.95. The van der Waals surface area contributed by atoms with Crippen LogP contribution in [0.15, 0.2) is 42.5 Å². The quantitative estimate of drug-likeness (QED) is 0.575. The van der Waals surface area contributed by atoms with Crippen molar-refractivity contribution in [1.29, 1.82) is 0 Å². The molecule has 0 heterocycles. The van der Waals surface area contributed by atoms with Gasteiger partial charge >= 0.3 is 0 Å². The molecule has 0 amide bonds. The van der Waals surface area contributed by atoms with E-state index in [1.54, 1.807) is 0 Å². The van der Waals surface area contributed by atoms with Crippen molar-refractivity contribution in [3.8, 4) is 0 Å². The van der Waals surface area contributed by atoms with E-state index in [0.717, 1.165) is 0 Å². The number of hydrogen-bond donors (Lipinski definition) is 0. The first kappa shape index (κ1) is 12.6. The number of fused-ring (bicyclic) bond motifs is 3. The van der Waals surface area contributed by atoms with Gasteiger partial charge in [0.1, 0.15) is 0 Å². The Labute approximate surface area is 101 Å². The van der Waals surface area contributed by atoms with Crippen LogP contribution in [0.2, 0.25) is 0 Å². The van der Waals surface area contributed by atoms with Crippen molar-refractivity contribution in [3.05, 3.63) is 53.6 Å². The lowest BCUT2D eigenvalue weighted by Gasteiger charge is -2.12. The number of hydrogen-bond acceptors (Lipinski definition) is 0. The Hall–Kier alpha value is -1.43. The van der Waals surface area contributed by atoms with E-state index in [1.165, 1.54) is 34.7 Å². The maximum Gasteiger partial charge on any atom is 0 e. The number of rotatable bonds is 0. The van der Waals surface area contributed by atoms with Crippen LogP contribution in [0.3, 0.4) is 0 Å². The van der Waals surface area contributed by atoms with Gasteiger partial charge in [-0.05, 0) is 34.7 Å². The fourth-order valence-corrected chi connectivity index (χ4v) is 2.20.